The maximum atomic E-state index is 12.4. The van der Waals surface area contributed by atoms with E-state index in [-0.39, 0.29) is 18.5 Å². The number of rotatable bonds is 7. The molecule has 0 saturated carbocycles. The van der Waals surface area contributed by atoms with Crippen molar-refractivity contribution < 1.29 is 22.7 Å². The third-order valence-electron chi connectivity index (χ3n) is 4.43. The van der Waals surface area contributed by atoms with Gasteiger partial charge >= 0.3 is 0 Å². The summed E-state index contributed by atoms with van der Waals surface area (Å²) in [6.45, 7) is 1.52. The summed E-state index contributed by atoms with van der Waals surface area (Å²) in [5, 5.41) is 2.93. The van der Waals surface area contributed by atoms with Crippen LogP contribution in [0.4, 0.5) is 5.69 Å². The van der Waals surface area contributed by atoms with Gasteiger partial charge in [0.05, 0.1) is 26.2 Å². The van der Waals surface area contributed by atoms with Crippen LogP contribution >= 0.6 is 0 Å². The predicted molar refractivity (Wildman–Crippen MR) is 100 cm³/mol. The number of piperidine rings is 1. The van der Waals surface area contributed by atoms with Crippen LogP contribution in [-0.4, -0.2) is 72.4 Å². The van der Waals surface area contributed by atoms with Crippen LogP contribution in [0.15, 0.2) is 18.2 Å². The lowest BCUT2D eigenvalue weighted by atomic mass is 10.1. The van der Waals surface area contributed by atoms with Crippen molar-refractivity contribution in [1.29, 1.82) is 0 Å². The van der Waals surface area contributed by atoms with Gasteiger partial charge in [-0.3, -0.25) is 9.10 Å². The molecule has 1 aliphatic heterocycles. The van der Waals surface area contributed by atoms with E-state index in [0.29, 0.717) is 17.2 Å². The zero-order chi connectivity index (χ0) is 19.3. The standard InChI is InChI=1S/C17H27N3O5S/c1-19-9-7-13(8-10-19)18-17(21)12-20(26(4,22)23)15-6-5-14(24-2)11-16(15)25-3/h5-6,11,13H,7-10,12H2,1-4H3,(H,18,21). The smallest absolute Gasteiger partial charge is 0.241 e. The first-order valence-corrected chi connectivity index (χ1v) is 10.3. The van der Waals surface area contributed by atoms with Crippen molar-refractivity contribution in [2.75, 3.05) is 51.5 Å². The fraction of sp³-hybridized carbons (Fsp3) is 0.588. The number of amides is 1. The summed E-state index contributed by atoms with van der Waals surface area (Å²) in [5.41, 5.74) is 0.300. The molecule has 1 aliphatic rings. The molecule has 0 spiro atoms. The van der Waals surface area contributed by atoms with E-state index in [1.807, 2.05) is 7.05 Å². The van der Waals surface area contributed by atoms with E-state index in [0.717, 1.165) is 36.5 Å². The second-order valence-corrected chi connectivity index (χ2v) is 8.36. The Kier molecular flexibility index (Phi) is 6.71. The van der Waals surface area contributed by atoms with Crippen molar-refractivity contribution in [1.82, 2.24) is 10.2 Å². The third kappa shape index (κ3) is 5.25. The molecule has 1 fully saturated rings. The van der Waals surface area contributed by atoms with E-state index >= 15 is 0 Å². The van der Waals surface area contributed by atoms with Gasteiger partial charge in [-0.15, -0.1) is 0 Å². The van der Waals surface area contributed by atoms with Crippen molar-refractivity contribution in [3.05, 3.63) is 18.2 Å². The van der Waals surface area contributed by atoms with Crippen LogP contribution in [0.2, 0.25) is 0 Å². The van der Waals surface area contributed by atoms with Crippen LogP contribution in [0.5, 0.6) is 11.5 Å². The second kappa shape index (κ2) is 8.59. The number of benzene rings is 1. The minimum absolute atomic E-state index is 0.0675. The molecule has 0 bridgehead atoms. The minimum Gasteiger partial charge on any atom is -0.497 e. The largest absolute Gasteiger partial charge is 0.497 e. The first-order valence-electron chi connectivity index (χ1n) is 8.42. The highest BCUT2D eigenvalue weighted by molar-refractivity contribution is 7.92. The number of hydrogen-bond donors (Lipinski definition) is 1. The van der Waals surface area contributed by atoms with E-state index in [1.54, 1.807) is 18.2 Å². The number of carbonyl (C=O) groups is 1. The van der Waals surface area contributed by atoms with E-state index in [4.69, 9.17) is 9.47 Å². The molecular weight excluding hydrogens is 358 g/mol. The van der Waals surface area contributed by atoms with Gasteiger partial charge in [-0.05, 0) is 45.1 Å². The lowest BCUT2D eigenvalue weighted by Crippen LogP contribution is -2.47. The highest BCUT2D eigenvalue weighted by Crippen LogP contribution is 2.33. The second-order valence-electron chi connectivity index (χ2n) is 6.45. The summed E-state index contributed by atoms with van der Waals surface area (Å²) in [5.74, 6) is 0.527. The number of anilines is 1. The van der Waals surface area contributed by atoms with Gasteiger partial charge in [0, 0.05) is 12.1 Å². The van der Waals surface area contributed by atoms with Crippen molar-refractivity contribution in [3.8, 4) is 11.5 Å². The lowest BCUT2D eigenvalue weighted by Gasteiger charge is -2.30. The number of methoxy groups -OCH3 is 2. The molecule has 1 heterocycles. The molecule has 0 aliphatic carbocycles. The summed E-state index contributed by atoms with van der Waals surface area (Å²) in [4.78, 5) is 14.7. The molecule has 0 radical (unpaired) electrons. The van der Waals surface area contributed by atoms with E-state index < -0.39 is 10.0 Å². The highest BCUT2D eigenvalue weighted by Gasteiger charge is 2.26. The third-order valence-corrected chi connectivity index (χ3v) is 5.55. The number of likely N-dealkylation sites (tertiary alicyclic amines) is 1. The molecule has 2 rings (SSSR count). The Labute approximate surface area is 155 Å². The molecule has 0 unspecified atom stereocenters. The minimum atomic E-state index is -3.67. The predicted octanol–water partition coefficient (Wildman–Crippen LogP) is 0.680. The van der Waals surface area contributed by atoms with Crippen molar-refractivity contribution >= 4 is 21.6 Å². The summed E-state index contributed by atoms with van der Waals surface area (Å²) in [6.07, 6.45) is 2.78. The normalized spacial score (nSPS) is 16.2. The summed E-state index contributed by atoms with van der Waals surface area (Å²) in [6, 6.07) is 4.85. The van der Waals surface area contributed by atoms with E-state index in [1.165, 1.54) is 14.2 Å². The number of hydrogen-bond acceptors (Lipinski definition) is 6. The molecule has 146 valence electrons. The van der Waals surface area contributed by atoms with Crippen LogP contribution < -0.4 is 19.1 Å². The molecular formula is C17H27N3O5S. The molecule has 1 amide bonds. The monoisotopic (exact) mass is 385 g/mol. The van der Waals surface area contributed by atoms with Crippen LogP contribution in [0.3, 0.4) is 0 Å². The maximum Gasteiger partial charge on any atom is 0.241 e. The molecule has 8 nitrogen and oxygen atoms in total. The summed E-state index contributed by atoms with van der Waals surface area (Å²) >= 11 is 0. The fourth-order valence-corrected chi connectivity index (χ4v) is 3.79. The topological polar surface area (TPSA) is 88.2 Å². The number of ether oxygens (including phenoxy) is 2. The van der Waals surface area contributed by atoms with Crippen molar-refractivity contribution in [3.63, 3.8) is 0 Å². The molecule has 1 aromatic carbocycles. The van der Waals surface area contributed by atoms with E-state index in [2.05, 4.69) is 10.2 Å². The Morgan fingerprint density at radius 2 is 1.92 bits per heavy atom. The lowest BCUT2D eigenvalue weighted by molar-refractivity contribution is -0.120. The average Bonchev–Trinajstić information content (AvgIpc) is 2.60. The van der Waals surface area contributed by atoms with Gasteiger partial charge in [-0.2, -0.15) is 0 Å². The molecule has 26 heavy (non-hydrogen) atoms. The van der Waals surface area contributed by atoms with E-state index in [9.17, 15) is 13.2 Å². The zero-order valence-electron chi connectivity index (χ0n) is 15.7. The van der Waals surface area contributed by atoms with Crippen LogP contribution in [0.25, 0.3) is 0 Å². The Morgan fingerprint density at radius 3 is 2.46 bits per heavy atom. The van der Waals surface area contributed by atoms with Gasteiger partial charge in [0.1, 0.15) is 18.0 Å². The fourth-order valence-electron chi connectivity index (χ4n) is 2.93. The maximum absolute atomic E-state index is 12.4. The van der Waals surface area contributed by atoms with Gasteiger partial charge in [-0.1, -0.05) is 0 Å². The molecule has 0 atom stereocenters. The summed E-state index contributed by atoms with van der Waals surface area (Å²) in [7, 11) is 1.32. The number of sulfonamides is 1. The Hall–Kier alpha value is -2.00. The average molecular weight is 385 g/mol. The summed E-state index contributed by atoms with van der Waals surface area (Å²) < 4.78 is 36.0. The van der Waals surface area contributed by atoms with Gasteiger partial charge in [-0.25, -0.2) is 8.42 Å². The molecule has 0 aromatic heterocycles. The Balaban J connectivity index is 2.17. The zero-order valence-corrected chi connectivity index (χ0v) is 16.5. The van der Waals surface area contributed by atoms with Gasteiger partial charge in [0.25, 0.3) is 0 Å². The highest BCUT2D eigenvalue weighted by atomic mass is 32.2. The van der Waals surface area contributed by atoms with Crippen LogP contribution in [0.1, 0.15) is 12.8 Å². The van der Waals surface area contributed by atoms with Gasteiger partial charge in [0.15, 0.2) is 0 Å². The van der Waals surface area contributed by atoms with Crippen LogP contribution in [-0.2, 0) is 14.8 Å². The first kappa shape index (κ1) is 20.3. The number of nitrogens with one attached hydrogen (secondary N) is 1. The Bertz CT molecular complexity index is 730. The number of nitrogens with zero attached hydrogens (tertiary/aromatic N) is 2. The molecule has 1 N–H and O–H groups in total. The quantitative estimate of drug-likeness (QED) is 0.743. The first-order chi connectivity index (χ1) is 12.2. The Morgan fingerprint density at radius 1 is 1.27 bits per heavy atom. The SMILES string of the molecule is COc1ccc(N(CC(=O)NC2CCN(C)CC2)S(C)(=O)=O)c(OC)c1. The van der Waals surface area contributed by atoms with Crippen molar-refractivity contribution in [2.45, 2.75) is 18.9 Å². The van der Waals surface area contributed by atoms with Gasteiger partial charge in [0.2, 0.25) is 15.9 Å². The van der Waals surface area contributed by atoms with Crippen LogP contribution in [0, 0.1) is 0 Å². The van der Waals surface area contributed by atoms with Gasteiger partial charge < -0.3 is 19.7 Å². The number of carbonyl (C=O) groups excluding carboxylic acids is 1. The molecule has 9 heteroatoms. The van der Waals surface area contributed by atoms with Crippen molar-refractivity contribution in [2.24, 2.45) is 0 Å². The molecule has 1 aromatic rings. The molecule has 1 saturated heterocycles.